The van der Waals surface area contributed by atoms with Crippen molar-refractivity contribution in [3.8, 4) is 11.5 Å². The van der Waals surface area contributed by atoms with E-state index in [2.05, 4.69) is 35.0 Å². The third-order valence-electron chi connectivity index (χ3n) is 2.82. The predicted molar refractivity (Wildman–Crippen MR) is 90.9 cm³/mol. The minimum Gasteiger partial charge on any atom is -0.490 e. The molecule has 3 nitrogen and oxygen atoms in total. The standard InChI is InChI=1S/C16H21NO2S.ClH/c1-3-18-15-8-7-13(10-16(15)19-4-2)11-17-12-14-6-5-9-20-14;/h5-10,17H,3-4,11-12H2,1-2H3;1H. The summed E-state index contributed by atoms with van der Waals surface area (Å²) < 4.78 is 11.2. The van der Waals surface area contributed by atoms with Gasteiger partial charge in [-0.15, -0.1) is 23.7 Å². The van der Waals surface area contributed by atoms with Crippen molar-refractivity contribution >= 4 is 23.7 Å². The number of hydrogen-bond donors (Lipinski definition) is 1. The highest BCUT2D eigenvalue weighted by molar-refractivity contribution is 7.09. The molecule has 1 heterocycles. The third-order valence-corrected chi connectivity index (χ3v) is 3.69. The minimum atomic E-state index is 0. The Morgan fingerprint density at radius 1 is 1.00 bits per heavy atom. The van der Waals surface area contributed by atoms with Crippen molar-refractivity contribution in [3.63, 3.8) is 0 Å². The summed E-state index contributed by atoms with van der Waals surface area (Å²) in [5.74, 6) is 1.64. The molecule has 5 heteroatoms. The van der Waals surface area contributed by atoms with E-state index >= 15 is 0 Å². The van der Waals surface area contributed by atoms with Crippen LogP contribution in [0.25, 0.3) is 0 Å². The second kappa shape index (κ2) is 9.66. The van der Waals surface area contributed by atoms with E-state index in [-0.39, 0.29) is 12.4 Å². The molecule has 0 radical (unpaired) electrons. The van der Waals surface area contributed by atoms with Gasteiger partial charge < -0.3 is 14.8 Å². The highest BCUT2D eigenvalue weighted by Gasteiger charge is 2.06. The summed E-state index contributed by atoms with van der Waals surface area (Å²) in [7, 11) is 0. The van der Waals surface area contributed by atoms with Gasteiger partial charge in [0.2, 0.25) is 0 Å². The Balaban J connectivity index is 0.00000220. The SMILES string of the molecule is CCOc1ccc(CNCc2cccs2)cc1OCC.Cl. The summed E-state index contributed by atoms with van der Waals surface area (Å²) in [5, 5.41) is 5.54. The van der Waals surface area contributed by atoms with Crippen LogP contribution in [-0.4, -0.2) is 13.2 Å². The fourth-order valence-corrected chi connectivity index (χ4v) is 2.62. The zero-order valence-corrected chi connectivity index (χ0v) is 14.1. The van der Waals surface area contributed by atoms with Crippen LogP contribution in [0.1, 0.15) is 24.3 Å². The fraction of sp³-hybridized carbons (Fsp3) is 0.375. The monoisotopic (exact) mass is 327 g/mol. The maximum Gasteiger partial charge on any atom is 0.161 e. The Morgan fingerprint density at radius 3 is 2.43 bits per heavy atom. The molecule has 0 atom stereocenters. The second-order valence-corrected chi connectivity index (χ2v) is 5.36. The molecule has 0 aliphatic rings. The van der Waals surface area contributed by atoms with Crippen LogP contribution < -0.4 is 14.8 Å². The van der Waals surface area contributed by atoms with Crippen molar-refractivity contribution in [1.29, 1.82) is 0 Å². The van der Waals surface area contributed by atoms with E-state index in [1.807, 2.05) is 19.9 Å². The summed E-state index contributed by atoms with van der Waals surface area (Å²) in [6.07, 6.45) is 0. The van der Waals surface area contributed by atoms with Gasteiger partial charge in [-0.2, -0.15) is 0 Å². The molecule has 116 valence electrons. The van der Waals surface area contributed by atoms with E-state index in [1.54, 1.807) is 11.3 Å². The first-order chi connectivity index (χ1) is 9.83. The molecule has 0 unspecified atom stereocenters. The topological polar surface area (TPSA) is 30.5 Å². The van der Waals surface area contributed by atoms with Gasteiger partial charge in [-0.1, -0.05) is 12.1 Å². The van der Waals surface area contributed by atoms with E-state index in [0.717, 1.165) is 24.6 Å². The van der Waals surface area contributed by atoms with Gasteiger partial charge in [0.1, 0.15) is 0 Å². The van der Waals surface area contributed by atoms with E-state index in [4.69, 9.17) is 9.47 Å². The van der Waals surface area contributed by atoms with Gasteiger partial charge in [-0.25, -0.2) is 0 Å². The smallest absolute Gasteiger partial charge is 0.161 e. The molecule has 2 rings (SSSR count). The number of hydrogen-bond acceptors (Lipinski definition) is 4. The van der Waals surface area contributed by atoms with Gasteiger partial charge in [-0.05, 0) is 43.0 Å². The largest absolute Gasteiger partial charge is 0.490 e. The molecule has 0 fully saturated rings. The minimum absolute atomic E-state index is 0. The van der Waals surface area contributed by atoms with Crippen molar-refractivity contribution in [2.75, 3.05) is 13.2 Å². The normalized spacial score (nSPS) is 10.0. The lowest BCUT2D eigenvalue weighted by Crippen LogP contribution is -2.12. The molecule has 21 heavy (non-hydrogen) atoms. The van der Waals surface area contributed by atoms with Gasteiger partial charge in [-0.3, -0.25) is 0 Å². The number of halogens is 1. The van der Waals surface area contributed by atoms with Crippen molar-refractivity contribution in [3.05, 3.63) is 46.2 Å². The summed E-state index contributed by atoms with van der Waals surface area (Å²) in [6, 6.07) is 10.3. The van der Waals surface area contributed by atoms with Crippen LogP contribution in [-0.2, 0) is 13.1 Å². The second-order valence-electron chi connectivity index (χ2n) is 4.33. The number of thiophene rings is 1. The molecule has 0 aliphatic carbocycles. The van der Waals surface area contributed by atoms with Crippen molar-refractivity contribution in [2.24, 2.45) is 0 Å². The first-order valence-corrected chi connectivity index (χ1v) is 7.83. The summed E-state index contributed by atoms with van der Waals surface area (Å²) in [5.41, 5.74) is 1.20. The number of nitrogens with one attached hydrogen (secondary N) is 1. The van der Waals surface area contributed by atoms with E-state index in [9.17, 15) is 0 Å². The quantitative estimate of drug-likeness (QED) is 0.786. The zero-order valence-electron chi connectivity index (χ0n) is 12.4. The zero-order chi connectivity index (χ0) is 14.2. The number of ether oxygens (including phenoxy) is 2. The Bertz CT molecular complexity index is 517. The molecular formula is C16H22ClNO2S. The van der Waals surface area contributed by atoms with E-state index < -0.39 is 0 Å². The highest BCUT2D eigenvalue weighted by Crippen LogP contribution is 2.28. The van der Waals surface area contributed by atoms with Crippen LogP contribution in [0.4, 0.5) is 0 Å². The van der Waals surface area contributed by atoms with Gasteiger partial charge in [0.25, 0.3) is 0 Å². The molecule has 0 spiro atoms. The number of benzene rings is 1. The molecule has 1 N–H and O–H groups in total. The summed E-state index contributed by atoms with van der Waals surface area (Å²) in [6.45, 7) is 6.98. The molecule has 0 bridgehead atoms. The van der Waals surface area contributed by atoms with Gasteiger partial charge >= 0.3 is 0 Å². The van der Waals surface area contributed by atoms with Gasteiger partial charge in [0.15, 0.2) is 11.5 Å². The maximum absolute atomic E-state index is 5.63. The third kappa shape index (κ3) is 5.58. The Morgan fingerprint density at radius 2 is 1.76 bits per heavy atom. The van der Waals surface area contributed by atoms with Gasteiger partial charge in [0, 0.05) is 18.0 Å². The Labute approximate surface area is 136 Å². The molecule has 2 aromatic rings. The van der Waals surface area contributed by atoms with Crippen molar-refractivity contribution in [1.82, 2.24) is 5.32 Å². The maximum atomic E-state index is 5.63. The first kappa shape index (κ1) is 17.8. The Kier molecular flexibility index (Phi) is 8.20. The molecular weight excluding hydrogens is 306 g/mol. The summed E-state index contributed by atoms with van der Waals surface area (Å²) in [4.78, 5) is 1.35. The van der Waals surface area contributed by atoms with Crippen molar-refractivity contribution < 1.29 is 9.47 Å². The molecule has 1 aromatic carbocycles. The van der Waals surface area contributed by atoms with E-state index in [0.29, 0.717) is 13.2 Å². The van der Waals surface area contributed by atoms with Crippen LogP contribution in [0.3, 0.4) is 0 Å². The van der Waals surface area contributed by atoms with Crippen LogP contribution in [0.5, 0.6) is 11.5 Å². The lowest BCUT2D eigenvalue weighted by Gasteiger charge is -2.12. The van der Waals surface area contributed by atoms with Crippen LogP contribution in [0.2, 0.25) is 0 Å². The predicted octanol–water partition coefficient (Wildman–Crippen LogP) is 4.26. The average molecular weight is 328 g/mol. The molecule has 0 saturated carbocycles. The highest BCUT2D eigenvalue weighted by atomic mass is 35.5. The molecule has 0 aliphatic heterocycles. The first-order valence-electron chi connectivity index (χ1n) is 6.95. The molecule has 1 aromatic heterocycles. The average Bonchev–Trinajstić information content (AvgIpc) is 2.95. The lowest BCUT2D eigenvalue weighted by atomic mass is 10.2. The van der Waals surface area contributed by atoms with Crippen LogP contribution >= 0.6 is 23.7 Å². The molecule has 0 saturated heterocycles. The van der Waals surface area contributed by atoms with Gasteiger partial charge in [0.05, 0.1) is 13.2 Å². The number of rotatable bonds is 8. The van der Waals surface area contributed by atoms with Crippen LogP contribution in [0.15, 0.2) is 35.7 Å². The lowest BCUT2D eigenvalue weighted by molar-refractivity contribution is 0.287. The van der Waals surface area contributed by atoms with Crippen LogP contribution in [0, 0.1) is 0 Å². The summed E-state index contributed by atoms with van der Waals surface area (Å²) >= 11 is 1.77. The molecule has 0 amide bonds. The van der Waals surface area contributed by atoms with E-state index in [1.165, 1.54) is 10.4 Å². The van der Waals surface area contributed by atoms with Crippen molar-refractivity contribution in [2.45, 2.75) is 26.9 Å². The Hall–Kier alpha value is -1.23. The fourth-order valence-electron chi connectivity index (χ4n) is 1.95.